The Balaban J connectivity index is 1.75. The first-order chi connectivity index (χ1) is 12.1. The molecule has 4 nitrogen and oxygen atoms in total. The lowest BCUT2D eigenvalue weighted by Gasteiger charge is -2.17. The van der Waals surface area contributed by atoms with Gasteiger partial charge in [0.1, 0.15) is 4.83 Å². The molecule has 132 valence electrons. The molecule has 0 radical (unpaired) electrons. The highest BCUT2D eigenvalue weighted by atomic mass is 32.2. The van der Waals surface area contributed by atoms with E-state index in [9.17, 15) is 4.79 Å². The fraction of sp³-hybridized carbons (Fsp3) is 0.500. The third kappa shape index (κ3) is 3.17. The van der Waals surface area contributed by atoms with Crippen molar-refractivity contribution in [2.24, 2.45) is 5.92 Å². The first kappa shape index (κ1) is 17.2. The molecule has 1 aliphatic carbocycles. The minimum atomic E-state index is 0.136. The Morgan fingerprint density at radius 2 is 2.24 bits per heavy atom. The maximum atomic E-state index is 13.1. The van der Waals surface area contributed by atoms with Crippen LogP contribution in [0.3, 0.4) is 0 Å². The number of hydrogen-bond donors (Lipinski definition) is 0. The third-order valence-electron chi connectivity index (χ3n) is 4.71. The van der Waals surface area contributed by atoms with Crippen molar-refractivity contribution < 1.29 is 0 Å². The quantitative estimate of drug-likeness (QED) is 0.479. The molecular weight excluding hydrogens is 370 g/mol. The normalized spacial score (nSPS) is 17.2. The molecule has 4 rings (SSSR count). The number of thioether (sulfide) groups is 1. The second-order valence-electron chi connectivity index (χ2n) is 6.62. The van der Waals surface area contributed by atoms with E-state index in [1.54, 1.807) is 34.4 Å². The summed E-state index contributed by atoms with van der Waals surface area (Å²) < 4.78 is 1.83. The van der Waals surface area contributed by atoms with Crippen LogP contribution in [0, 0.1) is 12.8 Å². The summed E-state index contributed by atoms with van der Waals surface area (Å²) in [5.74, 6) is 1.46. The van der Waals surface area contributed by atoms with E-state index >= 15 is 0 Å². The number of thiazole rings is 1. The lowest BCUT2D eigenvalue weighted by atomic mass is 9.89. The van der Waals surface area contributed by atoms with Crippen molar-refractivity contribution in [2.75, 3.05) is 0 Å². The van der Waals surface area contributed by atoms with Gasteiger partial charge in [-0.05, 0) is 44.6 Å². The summed E-state index contributed by atoms with van der Waals surface area (Å²) in [6.45, 7) is 6.98. The molecule has 0 saturated heterocycles. The van der Waals surface area contributed by atoms with Gasteiger partial charge in [-0.1, -0.05) is 18.7 Å². The Morgan fingerprint density at radius 1 is 1.40 bits per heavy atom. The molecule has 0 bridgehead atoms. The van der Waals surface area contributed by atoms with Gasteiger partial charge in [-0.2, -0.15) is 0 Å². The van der Waals surface area contributed by atoms with Crippen LogP contribution in [-0.2, 0) is 25.1 Å². The minimum Gasteiger partial charge on any atom is -0.287 e. The van der Waals surface area contributed by atoms with E-state index in [4.69, 9.17) is 4.98 Å². The van der Waals surface area contributed by atoms with Gasteiger partial charge in [-0.15, -0.1) is 22.7 Å². The molecule has 0 saturated carbocycles. The fourth-order valence-corrected chi connectivity index (χ4v) is 6.50. The molecule has 3 aromatic heterocycles. The van der Waals surface area contributed by atoms with Crippen molar-refractivity contribution in [3.63, 3.8) is 0 Å². The van der Waals surface area contributed by atoms with E-state index in [0.29, 0.717) is 12.5 Å². The van der Waals surface area contributed by atoms with Crippen LogP contribution < -0.4 is 5.56 Å². The fourth-order valence-electron chi connectivity index (χ4n) is 3.41. The van der Waals surface area contributed by atoms with Crippen LogP contribution in [0.15, 0.2) is 15.3 Å². The Morgan fingerprint density at radius 3 is 2.96 bits per heavy atom. The second kappa shape index (κ2) is 6.85. The van der Waals surface area contributed by atoms with Crippen LogP contribution in [0.2, 0.25) is 0 Å². The summed E-state index contributed by atoms with van der Waals surface area (Å²) in [7, 11) is 0. The van der Waals surface area contributed by atoms with Crippen LogP contribution >= 0.6 is 34.4 Å². The second-order valence-corrected chi connectivity index (χ2v) is 9.71. The Hall–Kier alpha value is -1.18. The highest BCUT2D eigenvalue weighted by Gasteiger charge is 2.24. The molecule has 3 aromatic rings. The van der Waals surface area contributed by atoms with Crippen LogP contribution in [0.4, 0.5) is 0 Å². The van der Waals surface area contributed by atoms with Gasteiger partial charge < -0.3 is 0 Å². The maximum absolute atomic E-state index is 13.1. The molecule has 0 aromatic carbocycles. The van der Waals surface area contributed by atoms with Crippen molar-refractivity contribution in [3.8, 4) is 0 Å². The lowest BCUT2D eigenvalue weighted by Crippen LogP contribution is -2.23. The highest BCUT2D eigenvalue weighted by Crippen LogP contribution is 2.36. The zero-order valence-electron chi connectivity index (χ0n) is 14.7. The summed E-state index contributed by atoms with van der Waals surface area (Å²) in [6, 6.07) is 0. The van der Waals surface area contributed by atoms with Gasteiger partial charge in [0.05, 0.1) is 16.1 Å². The Labute approximate surface area is 159 Å². The number of rotatable bonds is 4. The molecule has 7 heteroatoms. The first-order valence-electron chi connectivity index (χ1n) is 8.65. The zero-order valence-corrected chi connectivity index (χ0v) is 17.1. The third-order valence-corrected chi connectivity index (χ3v) is 7.69. The van der Waals surface area contributed by atoms with Gasteiger partial charge >= 0.3 is 0 Å². The zero-order chi connectivity index (χ0) is 17.6. The van der Waals surface area contributed by atoms with Crippen LogP contribution in [0.25, 0.3) is 10.2 Å². The topological polar surface area (TPSA) is 47.8 Å². The summed E-state index contributed by atoms with van der Waals surface area (Å²) in [4.78, 5) is 24.8. The number of fused-ring (bicyclic) bond motifs is 3. The van der Waals surface area contributed by atoms with E-state index in [1.807, 2.05) is 18.4 Å². The summed E-state index contributed by atoms with van der Waals surface area (Å²) in [6.07, 6.45) is 3.27. The number of aryl methyl sites for hydroxylation is 2. The molecule has 0 amide bonds. The summed E-state index contributed by atoms with van der Waals surface area (Å²) in [5.41, 5.74) is 2.46. The largest absolute Gasteiger partial charge is 0.287 e. The highest BCUT2D eigenvalue weighted by molar-refractivity contribution is 7.98. The molecule has 0 N–H and O–H groups in total. The molecule has 25 heavy (non-hydrogen) atoms. The van der Waals surface area contributed by atoms with Crippen LogP contribution in [0.1, 0.15) is 41.4 Å². The molecular formula is C18H21N3OS3. The summed E-state index contributed by atoms with van der Waals surface area (Å²) in [5, 5.41) is 4.85. The Bertz CT molecular complexity index is 986. The van der Waals surface area contributed by atoms with E-state index in [-0.39, 0.29) is 5.56 Å². The molecule has 0 aliphatic heterocycles. The predicted molar refractivity (Wildman–Crippen MR) is 107 cm³/mol. The van der Waals surface area contributed by atoms with Crippen molar-refractivity contribution >= 4 is 44.7 Å². The average Bonchev–Trinajstić information content (AvgIpc) is 3.15. The molecule has 0 spiro atoms. The van der Waals surface area contributed by atoms with Crippen molar-refractivity contribution in [1.82, 2.24) is 14.5 Å². The minimum absolute atomic E-state index is 0.136. The summed E-state index contributed by atoms with van der Waals surface area (Å²) >= 11 is 5.00. The van der Waals surface area contributed by atoms with Gasteiger partial charge in [0.2, 0.25) is 0 Å². The molecule has 0 fully saturated rings. The monoisotopic (exact) mass is 391 g/mol. The maximum Gasteiger partial charge on any atom is 0.263 e. The Kier molecular flexibility index (Phi) is 4.73. The number of aromatic nitrogens is 3. The lowest BCUT2D eigenvalue weighted by molar-refractivity contribution is 0.509. The number of thiophene rings is 1. The predicted octanol–water partition coefficient (Wildman–Crippen LogP) is 4.66. The van der Waals surface area contributed by atoms with Gasteiger partial charge in [-0.25, -0.2) is 9.97 Å². The molecule has 1 atom stereocenters. The van der Waals surface area contributed by atoms with Crippen LogP contribution in [0.5, 0.6) is 0 Å². The molecule has 3 heterocycles. The number of hydrogen-bond acceptors (Lipinski definition) is 6. The first-order valence-corrected chi connectivity index (χ1v) is 11.3. The van der Waals surface area contributed by atoms with Gasteiger partial charge in [0.15, 0.2) is 5.16 Å². The van der Waals surface area contributed by atoms with E-state index in [1.165, 1.54) is 16.9 Å². The average molecular weight is 392 g/mol. The van der Waals surface area contributed by atoms with E-state index in [2.05, 4.69) is 17.3 Å². The van der Waals surface area contributed by atoms with Gasteiger partial charge in [-0.3, -0.25) is 9.36 Å². The van der Waals surface area contributed by atoms with Crippen molar-refractivity contribution in [2.45, 2.75) is 57.5 Å². The van der Waals surface area contributed by atoms with Crippen molar-refractivity contribution in [3.05, 3.63) is 36.9 Å². The number of nitrogens with zero attached hydrogens (tertiary/aromatic N) is 3. The van der Waals surface area contributed by atoms with E-state index < -0.39 is 0 Å². The SMILES string of the molecule is CCn1c(SCc2csc(C)n2)nc2sc3c(c2c1=O)CC[C@@H](C)C3. The molecule has 1 aliphatic rings. The van der Waals surface area contributed by atoms with Gasteiger partial charge in [0, 0.05) is 22.6 Å². The van der Waals surface area contributed by atoms with E-state index in [0.717, 1.165) is 44.7 Å². The smallest absolute Gasteiger partial charge is 0.263 e. The molecule has 0 unspecified atom stereocenters. The standard InChI is InChI=1S/C18H21N3OS3/c1-4-21-17(22)15-13-6-5-10(2)7-14(13)25-16(15)20-18(21)24-9-12-8-23-11(3)19-12/h8,10H,4-7,9H2,1-3H3/t10-/m1/s1. The van der Waals surface area contributed by atoms with Crippen LogP contribution in [-0.4, -0.2) is 14.5 Å². The van der Waals surface area contributed by atoms with Gasteiger partial charge in [0.25, 0.3) is 5.56 Å². The van der Waals surface area contributed by atoms with Crippen molar-refractivity contribution in [1.29, 1.82) is 0 Å².